The van der Waals surface area contributed by atoms with Crippen molar-refractivity contribution >= 4 is 11.9 Å². The van der Waals surface area contributed by atoms with Crippen LogP contribution in [-0.4, -0.2) is 23.6 Å². The lowest BCUT2D eigenvalue weighted by Gasteiger charge is -2.23. The summed E-state index contributed by atoms with van der Waals surface area (Å²) in [5.74, 6) is -0.0535. The van der Waals surface area contributed by atoms with E-state index in [0.29, 0.717) is 11.7 Å². The highest BCUT2D eigenvalue weighted by molar-refractivity contribution is 5.79. The van der Waals surface area contributed by atoms with Crippen LogP contribution in [0.4, 0.5) is 0 Å². The molecular weight excluding hydrogens is 294 g/mol. The number of hydrogen-bond donors (Lipinski definition) is 2. The van der Waals surface area contributed by atoms with Crippen LogP contribution in [0.2, 0.25) is 0 Å². The fraction of sp³-hybridized carbons (Fsp3) is 0.556. The zero-order chi connectivity index (χ0) is 17.4. The number of aliphatic carboxylic acids is 1. The van der Waals surface area contributed by atoms with Crippen molar-refractivity contribution in [2.75, 3.05) is 6.61 Å². The number of carboxylic acids is 1. The van der Waals surface area contributed by atoms with E-state index in [9.17, 15) is 9.59 Å². The van der Waals surface area contributed by atoms with Crippen LogP contribution in [-0.2, 0) is 9.59 Å². The molecule has 2 N–H and O–H groups in total. The number of hydrogen-bond acceptors (Lipinski definition) is 3. The minimum atomic E-state index is -1.01. The van der Waals surface area contributed by atoms with Crippen molar-refractivity contribution in [1.29, 1.82) is 0 Å². The largest absolute Gasteiger partial charge is 0.482 e. The van der Waals surface area contributed by atoms with Gasteiger partial charge >= 0.3 is 5.97 Å². The van der Waals surface area contributed by atoms with Crippen molar-refractivity contribution in [3.63, 3.8) is 0 Å². The number of rotatable bonds is 9. The van der Waals surface area contributed by atoms with Gasteiger partial charge in [-0.1, -0.05) is 45.7 Å². The van der Waals surface area contributed by atoms with Gasteiger partial charge in [-0.05, 0) is 30.5 Å². The number of benzene rings is 1. The van der Waals surface area contributed by atoms with Gasteiger partial charge in [0, 0.05) is 5.92 Å². The second-order valence-corrected chi connectivity index (χ2v) is 5.85. The smallest absolute Gasteiger partial charge is 0.341 e. The van der Waals surface area contributed by atoms with Crippen molar-refractivity contribution in [2.45, 2.75) is 46.6 Å². The zero-order valence-corrected chi connectivity index (χ0v) is 14.3. The first-order valence-corrected chi connectivity index (χ1v) is 8.13. The van der Waals surface area contributed by atoms with Crippen LogP contribution in [0, 0.1) is 11.8 Å². The van der Waals surface area contributed by atoms with Gasteiger partial charge in [0.2, 0.25) is 5.91 Å². The molecule has 2 atom stereocenters. The molecule has 0 saturated carbocycles. The predicted molar refractivity (Wildman–Crippen MR) is 89.4 cm³/mol. The molecule has 1 aromatic carbocycles. The van der Waals surface area contributed by atoms with Crippen LogP contribution < -0.4 is 10.1 Å². The monoisotopic (exact) mass is 321 g/mol. The Morgan fingerprint density at radius 1 is 1.13 bits per heavy atom. The van der Waals surface area contributed by atoms with E-state index in [-0.39, 0.29) is 24.5 Å². The molecule has 0 aliphatic carbocycles. The quantitative estimate of drug-likeness (QED) is 0.731. The Bertz CT molecular complexity index is 508. The van der Waals surface area contributed by atoms with Gasteiger partial charge in [0.05, 0.1) is 6.04 Å². The average Bonchev–Trinajstić information content (AvgIpc) is 2.54. The van der Waals surface area contributed by atoms with Gasteiger partial charge in [-0.15, -0.1) is 0 Å². The Morgan fingerprint density at radius 3 is 2.17 bits per heavy atom. The van der Waals surface area contributed by atoms with Crippen molar-refractivity contribution in [2.24, 2.45) is 11.8 Å². The van der Waals surface area contributed by atoms with E-state index < -0.39 is 5.97 Å². The highest BCUT2D eigenvalue weighted by atomic mass is 16.5. The van der Waals surface area contributed by atoms with E-state index in [1.165, 1.54) is 0 Å². The first-order valence-electron chi connectivity index (χ1n) is 8.13. The lowest BCUT2D eigenvalue weighted by atomic mass is 9.88. The van der Waals surface area contributed by atoms with Crippen LogP contribution in [0.15, 0.2) is 24.3 Å². The molecule has 0 heterocycles. The number of carboxylic acid groups (broad SMARTS) is 1. The maximum Gasteiger partial charge on any atom is 0.341 e. The maximum absolute atomic E-state index is 12.3. The topological polar surface area (TPSA) is 75.6 Å². The van der Waals surface area contributed by atoms with E-state index in [0.717, 1.165) is 18.4 Å². The molecule has 1 amide bonds. The van der Waals surface area contributed by atoms with Crippen LogP contribution in [0.25, 0.3) is 0 Å². The van der Waals surface area contributed by atoms with Crippen molar-refractivity contribution in [1.82, 2.24) is 5.32 Å². The Hall–Kier alpha value is -2.04. The van der Waals surface area contributed by atoms with Crippen LogP contribution >= 0.6 is 0 Å². The molecule has 2 unspecified atom stereocenters. The Kier molecular flexibility index (Phi) is 7.59. The lowest BCUT2D eigenvalue weighted by Crippen LogP contribution is -2.34. The second kappa shape index (κ2) is 9.18. The first kappa shape index (κ1) is 19.0. The van der Waals surface area contributed by atoms with Crippen molar-refractivity contribution in [3.05, 3.63) is 29.8 Å². The number of carbonyl (C=O) groups is 2. The fourth-order valence-corrected chi connectivity index (χ4v) is 2.64. The molecular formula is C18H27NO4. The van der Waals surface area contributed by atoms with Crippen LogP contribution in [0.3, 0.4) is 0 Å². The molecule has 1 rings (SSSR count). The Morgan fingerprint density at radius 2 is 1.70 bits per heavy atom. The summed E-state index contributed by atoms with van der Waals surface area (Å²) in [6, 6.07) is 7.00. The molecule has 0 bridgehead atoms. The SMILES string of the molecule is CCC(CC)C(C)C(=O)NC(C)c1ccc(OCC(=O)O)cc1. The highest BCUT2D eigenvalue weighted by Crippen LogP contribution is 2.22. The molecule has 5 heteroatoms. The summed E-state index contributed by atoms with van der Waals surface area (Å²) in [4.78, 5) is 22.8. The average molecular weight is 321 g/mol. The van der Waals surface area contributed by atoms with E-state index in [1.54, 1.807) is 12.1 Å². The molecule has 1 aromatic rings. The third-order valence-electron chi connectivity index (χ3n) is 4.27. The first-order chi connectivity index (χ1) is 10.9. The molecule has 23 heavy (non-hydrogen) atoms. The van der Waals surface area contributed by atoms with E-state index >= 15 is 0 Å². The number of carbonyl (C=O) groups excluding carboxylic acids is 1. The Balaban J connectivity index is 2.61. The summed E-state index contributed by atoms with van der Waals surface area (Å²) in [6.07, 6.45) is 1.99. The van der Waals surface area contributed by atoms with Gasteiger partial charge in [-0.3, -0.25) is 4.79 Å². The zero-order valence-electron chi connectivity index (χ0n) is 14.3. The summed E-state index contributed by atoms with van der Waals surface area (Å²) in [5.41, 5.74) is 0.956. The lowest BCUT2D eigenvalue weighted by molar-refractivity contribution is -0.139. The third kappa shape index (κ3) is 5.93. The minimum Gasteiger partial charge on any atom is -0.482 e. The van der Waals surface area contributed by atoms with Gasteiger partial charge in [0.1, 0.15) is 5.75 Å². The molecule has 0 spiro atoms. The van der Waals surface area contributed by atoms with E-state index in [2.05, 4.69) is 19.2 Å². The van der Waals surface area contributed by atoms with Gasteiger partial charge < -0.3 is 15.2 Å². The van der Waals surface area contributed by atoms with Gasteiger partial charge in [-0.2, -0.15) is 0 Å². The van der Waals surface area contributed by atoms with Crippen molar-refractivity contribution < 1.29 is 19.4 Å². The number of ether oxygens (including phenoxy) is 1. The van der Waals surface area contributed by atoms with E-state index in [1.807, 2.05) is 26.0 Å². The molecule has 0 aliphatic rings. The second-order valence-electron chi connectivity index (χ2n) is 5.85. The van der Waals surface area contributed by atoms with Crippen molar-refractivity contribution in [3.8, 4) is 5.75 Å². The maximum atomic E-state index is 12.3. The molecule has 0 radical (unpaired) electrons. The third-order valence-corrected chi connectivity index (χ3v) is 4.27. The van der Waals surface area contributed by atoms with E-state index in [4.69, 9.17) is 9.84 Å². The summed E-state index contributed by atoms with van der Waals surface area (Å²) in [6.45, 7) is 7.76. The molecule has 5 nitrogen and oxygen atoms in total. The molecule has 0 fully saturated rings. The Labute approximate surface area is 138 Å². The highest BCUT2D eigenvalue weighted by Gasteiger charge is 2.22. The van der Waals surface area contributed by atoms with Crippen LogP contribution in [0.1, 0.15) is 52.1 Å². The minimum absolute atomic E-state index is 0.00868. The summed E-state index contributed by atoms with van der Waals surface area (Å²) in [5, 5.41) is 11.6. The normalized spacial score (nSPS) is 13.4. The standard InChI is InChI=1S/C18H27NO4/c1-5-14(6-2)12(3)18(22)19-13(4)15-7-9-16(10-8-15)23-11-17(20)21/h7-10,12-14H,5-6,11H2,1-4H3,(H,19,22)(H,20,21). The molecule has 0 aromatic heterocycles. The molecule has 128 valence electrons. The predicted octanol–water partition coefficient (Wildman–Crippen LogP) is 3.40. The molecule has 0 aliphatic heterocycles. The van der Waals surface area contributed by atoms with Gasteiger partial charge in [-0.25, -0.2) is 4.79 Å². The summed E-state index contributed by atoms with van der Waals surface area (Å²) >= 11 is 0. The number of amides is 1. The fourth-order valence-electron chi connectivity index (χ4n) is 2.64. The van der Waals surface area contributed by atoms with Gasteiger partial charge in [0.15, 0.2) is 6.61 Å². The number of nitrogens with one attached hydrogen (secondary N) is 1. The summed E-state index contributed by atoms with van der Waals surface area (Å²) in [7, 11) is 0. The molecule has 0 saturated heterocycles. The summed E-state index contributed by atoms with van der Waals surface area (Å²) < 4.78 is 5.10. The van der Waals surface area contributed by atoms with Crippen LogP contribution in [0.5, 0.6) is 5.75 Å². The van der Waals surface area contributed by atoms with Gasteiger partial charge in [0.25, 0.3) is 0 Å².